The van der Waals surface area contributed by atoms with Gasteiger partial charge in [-0.15, -0.1) is 0 Å². The van der Waals surface area contributed by atoms with Crippen LogP contribution in [0.15, 0.2) is 29.1 Å². The molecule has 0 amide bonds. The molecule has 21 heavy (non-hydrogen) atoms. The van der Waals surface area contributed by atoms with E-state index in [0.29, 0.717) is 0 Å². The van der Waals surface area contributed by atoms with E-state index in [4.69, 9.17) is 0 Å². The highest BCUT2D eigenvalue weighted by Crippen LogP contribution is 2.14. The lowest BCUT2D eigenvalue weighted by Crippen LogP contribution is -2.06. The van der Waals surface area contributed by atoms with Crippen LogP contribution in [0.2, 0.25) is 0 Å². The summed E-state index contributed by atoms with van der Waals surface area (Å²) in [6.45, 7) is 2.23. The van der Waals surface area contributed by atoms with Crippen LogP contribution in [0.5, 0.6) is 0 Å². The number of rotatable bonds is 8. The Labute approximate surface area is 135 Å². The Morgan fingerprint density at radius 1 is 1.05 bits per heavy atom. The summed E-state index contributed by atoms with van der Waals surface area (Å²) in [5.74, 6) is 0. The van der Waals surface area contributed by atoms with Crippen molar-refractivity contribution in [2.75, 3.05) is 5.33 Å². The molecule has 0 aliphatic carbocycles. The van der Waals surface area contributed by atoms with Gasteiger partial charge in [-0.2, -0.15) is 0 Å². The van der Waals surface area contributed by atoms with E-state index in [2.05, 4.69) is 33.9 Å². The first-order valence-corrected chi connectivity index (χ1v) is 9.07. The molecular weight excluding hydrogens is 326 g/mol. The summed E-state index contributed by atoms with van der Waals surface area (Å²) in [4.78, 5) is 15.7. The van der Waals surface area contributed by atoms with Crippen molar-refractivity contribution in [3.8, 4) is 0 Å². The number of aromatic nitrogens is 1. The normalized spacial score (nSPS) is 11.1. The van der Waals surface area contributed by atoms with E-state index in [1.165, 1.54) is 31.2 Å². The molecule has 0 atom stereocenters. The van der Waals surface area contributed by atoms with E-state index >= 15 is 0 Å². The van der Waals surface area contributed by atoms with Crippen LogP contribution >= 0.6 is 15.9 Å². The van der Waals surface area contributed by atoms with Crippen LogP contribution in [0.3, 0.4) is 0 Å². The van der Waals surface area contributed by atoms with Crippen molar-refractivity contribution >= 4 is 26.8 Å². The van der Waals surface area contributed by atoms with Crippen LogP contribution in [-0.2, 0) is 12.8 Å². The van der Waals surface area contributed by atoms with Gasteiger partial charge in [-0.25, -0.2) is 0 Å². The molecule has 0 spiro atoms. The molecule has 0 unspecified atom stereocenters. The maximum atomic E-state index is 12.3. The number of hydrogen-bond donors (Lipinski definition) is 1. The molecule has 0 radical (unpaired) electrons. The lowest BCUT2D eigenvalue weighted by molar-refractivity contribution is 0.628. The summed E-state index contributed by atoms with van der Waals surface area (Å²) in [6.07, 6.45) is 8.20. The molecule has 114 valence electrons. The Morgan fingerprint density at radius 3 is 2.62 bits per heavy atom. The minimum atomic E-state index is 0.142. The van der Waals surface area contributed by atoms with E-state index < -0.39 is 0 Å². The number of nitrogens with one attached hydrogen (secondary N) is 1. The highest BCUT2D eigenvalue weighted by Gasteiger charge is 2.04. The molecule has 0 bridgehead atoms. The van der Waals surface area contributed by atoms with Gasteiger partial charge in [0.1, 0.15) is 0 Å². The summed E-state index contributed by atoms with van der Waals surface area (Å²) in [7, 11) is 0. The number of hydrogen-bond acceptors (Lipinski definition) is 1. The number of benzene rings is 1. The van der Waals surface area contributed by atoms with Crippen molar-refractivity contribution in [1.82, 2.24) is 4.98 Å². The van der Waals surface area contributed by atoms with Gasteiger partial charge in [0.2, 0.25) is 0 Å². The minimum absolute atomic E-state index is 0.142. The molecule has 1 heterocycles. The maximum Gasteiger partial charge on any atom is 0.189 e. The van der Waals surface area contributed by atoms with Crippen molar-refractivity contribution < 1.29 is 0 Å². The highest BCUT2D eigenvalue weighted by atomic mass is 79.9. The second-order valence-corrected chi connectivity index (χ2v) is 6.43. The van der Waals surface area contributed by atoms with Crippen LogP contribution in [0.1, 0.15) is 50.3 Å². The van der Waals surface area contributed by atoms with Crippen molar-refractivity contribution in [2.45, 2.75) is 51.9 Å². The minimum Gasteiger partial charge on any atom is -0.358 e. The van der Waals surface area contributed by atoms with Gasteiger partial charge in [-0.3, -0.25) is 4.79 Å². The third kappa shape index (κ3) is 4.70. The van der Waals surface area contributed by atoms with Crippen LogP contribution < -0.4 is 5.43 Å². The van der Waals surface area contributed by atoms with Crippen molar-refractivity contribution in [1.29, 1.82) is 0 Å². The zero-order valence-electron chi connectivity index (χ0n) is 12.8. The molecule has 0 saturated heterocycles. The third-order valence-corrected chi connectivity index (χ3v) is 4.28. The number of fused-ring (bicyclic) bond motifs is 1. The van der Waals surface area contributed by atoms with Gasteiger partial charge in [0.05, 0.1) is 0 Å². The second-order valence-electron chi connectivity index (χ2n) is 5.64. The van der Waals surface area contributed by atoms with E-state index in [1.807, 2.05) is 12.1 Å². The first-order chi connectivity index (χ1) is 10.2. The number of halogens is 1. The van der Waals surface area contributed by atoms with Crippen LogP contribution in [0.25, 0.3) is 10.9 Å². The fourth-order valence-corrected chi connectivity index (χ4v) is 3.13. The summed E-state index contributed by atoms with van der Waals surface area (Å²) in [6, 6.07) is 7.93. The van der Waals surface area contributed by atoms with Crippen molar-refractivity contribution in [3.05, 3.63) is 45.7 Å². The summed E-state index contributed by atoms with van der Waals surface area (Å²) >= 11 is 3.44. The second kappa shape index (κ2) is 8.38. The number of aromatic amines is 1. The summed E-state index contributed by atoms with van der Waals surface area (Å²) < 4.78 is 0. The van der Waals surface area contributed by atoms with Crippen LogP contribution in [-0.4, -0.2) is 10.3 Å². The molecule has 1 aromatic carbocycles. The number of alkyl halides is 1. The quantitative estimate of drug-likeness (QED) is 0.529. The molecule has 0 aliphatic heterocycles. The molecule has 0 aliphatic rings. The molecular formula is C18H24BrNO. The Bertz CT molecular complexity index is 633. The van der Waals surface area contributed by atoms with Gasteiger partial charge in [0, 0.05) is 28.0 Å². The number of pyridine rings is 1. The van der Waals surface area contributed by atoms with Crippen LogP contribution in [0, 0.1) is 0 Å². The van der Waals surface area contributed by atoms with Crippen molar-refractivity contribution in [2.24, 2.45) is 0 Å². The molecule has 0 fully saturated rings. The molecule has 2 rings (SSSR count). The monoisotopic (exact) mass is 349 g/mol. The number of unbranched alkanes of at least 4 members (excludes halogenated alkanes) is 4. The third-order valence-electron chi connectivity index (χ3n) is 3.88. The number of H-pyrrole nitrogens is 1. The van der Waals surface area contributed by atoms with Gasteiger partial charge >= 0.3 is 0 Å². The van der Waals surface area contributed by atoms with Crippen LogP contribution in [0.4, 0.5) is 0 Å². The van der Waals surface area contributed by atoms with E-state index in [1.54, 1.807) is 6.07 Å². The lowest BCUT2D eigenvalue weighted by Gasteiger charge is -2.06. The Hall–Kier alpha value is -1.09. The molecule has 3 heteroatoms. The van der Waals surface area contributed by atoms with Gasteiger partial charge in [-0.05, 0) is 37.0 Å². The predicted molar refractivity (Wildman–Crippen MR) is 94.5 cm³/mol. The molecule has 1 N–H and O–H groups in total. The average molecular weight is 350 g/mol. The Kier molecular flexibility index (Phi) is 6.50. The van der Waals surface area contributed by atoms with Gasteiger partial charge in [0.25, 0.3) is 0 Å². The zero-order valence-corrected chi connectivity index (χ0v) is 14.3. The predicted octanol–water partition coefficient (Wildman–Crippen LogP) is 4.98. The first-order valence-electron chi connectivity index (χ1n) is 7.95. The van der Waals surface area contributed by atoms with Gasteiger partial charge < -0.3 is 4.98 Å². The van der Waals surface area contributed by atoms with Gasteiger partial charge in [-0.1, -0.05) is 54.6 Å². The Morgan fingerprint density at radius 2 is 1.86 bits per heavy atom. The maximum absolute atomic E-state index is 12.3. The molecule has 1 aromatic heterocycles. The zero-order chi connectivity index (χ0) is 15.1. The fraction of sp³-hybridized carbons (Fsp3) is 0.500. The van der Waals surface area contributed by atoms with E-state index in [-0.39, 0.29) is 5.43 Å². The largest absolute Gasteiger partial charge is 0.358 e. The summed E-state index contributed by atoms with van der Waals surface area (Å²) in [5, 5.41) is 1.73. The molecule has 0 saturated carbocycles. The SMILES string of the molecule is CCCCCCCc1cc(=O)c2cc(CCBr)ccc2[nH]1. The van der Waals surface area contributed by atoms with E-state index in [9.17, 15) is 4.79 Å². The lowest BCUT2D eigenvalue weighted by atomic mass is 10.1. The van der Waals surface area contributed by atoms with Gasteiger partial charge in [0.15, 0.2) is 5.43 Å². The standard InChI is InChI=1S/C18H24BrNO/c1-2-3-4-5-6-7-15-13-18(21)16-12-14(10-11-19)8-9-17(16)20-15/h8-9,12-13H,2-7,10-11H2,1H3,(H,20,21). The average Bonchev–Trinajstić information content (AvgIpc) is 2.48. The number of aryl methyl sites for hydroxylation is 2. The summed E-state index contributed by atoms with van der Waals surface area (Å²) in [5.41, 5.74) is 3.38. The Balaban J connectivity index is 2.10. The smallest absolute Gasteiger partial charge is 0.189 e. The van der Waals surface area contributed by atoms with E-state index in [0.717, 1.165) is 41.2 Å². The topological polar surface area (TPSA) is 32.9 Å². The van der Waals surface area contributed by atoms with Crippen molar-refractivity contribution in [3.63, 3.8) is 0 Å². The molecule has 2 nitrogen and oxygen atoms in total. The fourth-order valence-electron chi connectivity index (χ4n) is 2.67. The first kappa shape index (κ1) is 16.3. The molecule has 2 aromatic rings. The highest BCUT2D eigenvalue weighted by molar-refractivity contribution is 9.09.